The molecular formula is C14H12N4O3S. The summed E-state index contributed by atoms with van der Waals surface area (Å²) in [4.78, 5) is 11.8. The maximum atomic E-state index is 11.8. The molecule has 2 aromatic heterocycles. The van der Waals surface area contributed by atoms with Crippen molar-refractivity contribution < 1.29 is 14.1 Å². The zero-order valence-electron chi connectivity index (χ0n) is 11.6. The Labute approximate surface area is 129 Å². The van der Waals surface area contributed by atoms with E-state index in [-0.39, 0.29) is 12.3 Å². The van der Waals surface area contributed by atoms with Crippen molar-refractivity contribution in [2.45, 2.75) is 6.42 Å². The number of hydrogen-bond acceptors (Lipinski definition) is 7. The van der Waals surface area contributed by atoms with Crippen LogP contribution in [-0.2, 0) is 11.2 Å². The molecule has 112 valence electrons. The minimum atomic E-state index is -0.216. The standard InChI is InChI=1S/C14H12N4O3S/c1-20-11-4-2-9(3-5-11)13-16-17-14(22-13)15-12(19)8-10-6-7-21-18-10/h2-7H,8H2,1H3,(H,15,17,19). The summed E-state index contributed by atoms with van der Waals surface area (Å²) in [5.74, 6) is 0.556. The minimum Gasteiger partial charge on any atom is -0.497 e. The van der Waals surface area contributed by atoms with Crippen LogP contribution < -0.4 is 10.1 Å². The molecular weight excluding hydrogens is 304 g/mol. The summed E-state index contributed by atoms with van der Waals surface area (Å²) in [5, 5.41) is 15.6. The van der Waals surface area contributed by atoms with E-state index in [0.717, 1.165) is 16.3 Å². The predicted octanol–water partition coefficient (Wildman–Crippen LogP) is 2.38. The van der Waals surface area contributed by atoms with Crippen LogP contribution in [0.25, 0.3) is 10.6 Å². The topological polar surface area (TPSA) is 90.1 Å². The third kappa shape index (κ3) is 3.29. The normalized spacial score (nSPS) is 10.4. The number of rotatable bonds is 5. The maximum absolute atomic E-state index is 11.8. The van der Waals surface area contributed by atoms with Crippen LogP contribution in [0.2, 0.25) is 0 Å². The Morgan fingerprint density at radius 3 is 2.77 bits per heavy atom. The Morgan fingerprint density at radius 1 is 1.27 bits per heavy atom. The van der Waals surface area contributed by atoms with E-state index in [2.05, 4.69) is 25.2 Å². The van der Waals surface area contributed by atoms with Gasteiger partial charge in [0.2, 0.25) is 11.0 Å². The number of hydrogen-bond donors (Lipinski definition) is 1. The van der Waals surface area contributed by atoms with Crippen molar-refractivity contribution in [2.24, 2.45) is 0 Å². The number of carbonyl (C=O) groups excluding carboxylic acids is 1. The molecule has 0 spiro atoms. The molecule has 3 aromatic rings. The SMILES string of the molecule is COc1ccc(-c2nnc(NC(=O)Cc3ccon3)s2)cc1. The number of aromatic nitrogens is 3. The Hall–Kier alpha value is -2.74. The van der Waals surface area contributed by atoms with Crippen LogP contribution in [0, 0.1) is 0 Å². The Kier molecular flexibility index (Phi) is 4.10. The van der Waals surface area contributed by atoms with Gasteiger partial charge in [-0.1, -0.05) is 16.5 Å². The van der Waals surface area contributed by atoms with Gasteiger partial charge in [0.1, 0.15) is 17.0 Å². The molecule has 0 saturated carbocycles. The first-order chi connectivity index (χ1) is 10.7. The van der Waals surface area contributed by atoms with Crippen molar-refractivity contribution in [2.75, 3.05) is 12.4 Å². The van der Waals surface area contributed by atoms with Gasteiger partial charge in [-0.2, -0.15) is 0 Å². The van der Waals surface area contributed by atoms with Crippen LogP contribution in [0.5, 0.6) is 5.75 Å². The van der Waals surface area contributed by atoms with E-state index in [1.165, 1.54) is 17.6 Å². The predicted molar refractivity (Wildman–Crippen MR) is 80.7 cm³/mol. The highest BCUT2D eigenvalue weighted by Crippen LogP contribution is 2.27. The number of ether oxygens (including phenoxy) is 1. The van der Waals surface area contributed by atoms with Gasteiger partial charge in [-0.05, 0) is 24.3 Å². The number of carbonyl (C=O) groups is 1. The lowest BCUT2D eigenvalue weighted by Crippen LogP contribution is -2.14. The Balaban J connectivity index is 1.66. The lowest BCUT2D eigenvalue weighted by atomic mass is 10.2. The summed E-state index contributed by atoms with van der Waals surface area (Å²) in [6.07, 6.45) is 1.56. The molecule has 0 fully saturated rings. The van der Waals surface area contributed by atoms with Gasteiger partial charge in [0, 0.05) is 11.6 Å². The average molecular weight is 316 g/mol. The van der Waals surface area contributed by atoms with Crippen molar-refractivity contribution >= 4 is 22.4 Å². The zero-order valence-corrected chi connectivity index (χ0v) is 12.5. The molecule has 7 nitrogen and oxygen atoms in total. The van der Waals surface area contributed by atoms with Gasteiger partial charge in [-0.15, -0.1) is 10.2 Å². The summed E-state index contributed by atoms with van der Waals surface area (Å²) >= 11 is 1.30. The van der Waals surface area contributed by atoms with E-state index >= 15 is 0 Å². The minimum absolute atomic E-state index is 0.133. The first-order valence-electron chi connectivity index (χ1n) is 6.41. The van der Waals surface area contributed by atoms with Gasteiger partial charge < -0.3 is 14.6 Å². The summed E-state index contributed by atoms with van der Waals surface area (Å²) in [6.45, 7) is 0. The molecule has 3 rings (SSSR count). The zero-order chi connectivity index (χ0) is 15.4. The van der Waals surface area contributed by atoms with Crippen molar-refractivity contribution in [3.05, 3.63) is 42.3 Å². The third-order valence-corrected chi connectivity index (χ3v) is 3.73. The summed E-state index contributed by atoms with van der Waals surface area (Å²) in [5.41, 5.74) is 1.48. The molecule has 0 aliphatic rings. The molecule has 0 atom stereocenters. The summed E-state index contributed by atoms with van der Waals surface area (Å²) < 4.78 is 9.79. The molecule has 22 heavy (non-hydrogen) atoms. The summed E-state index contributed by atoms with van der Waals surface area (Å²) in [7, 11) is 1.61. The number of nitrogens with one attached hydrogen (secondary N) is 1. The first-order valence-corrected chi connectivity index (χ1v) is 7.23. The maximum Gasteiger partial charge on any atom is 0.232 e. The largest absolute Gasteiger partial charge is 0.497 e. The van der Waals surface area contributed by atoms with E-state index in [0.29, 0.717) is 10.8 Å². The van der Waals surface area contributed by atoms with Crippen LogP contribution in [0.4, 0.5) is 5.13 Å². The Bertz CT molecular complexity index is 753. The van der Waals surface area contributed by atoms with Gasteiger partial charge in [0.05, 0.1) is 19.2 Å². The van der Waals surface area contributed by atoms with Crippen molar-refractivity contribution in [1.29, 1.82) is 0 Å². The molecule has 8 heteroatoms. The smallest absolute Gasteiger partial charge is 0.232 e. The number of amides is 1. The highest BCUT2D eigenvalue weighted by Gasteiger charge is 2.11. The van der Waals surface area contributed by atoms with E-state index < -0.39 is 0 Å². The molecule has 0 unspecified atom stereocenters. The number of benzene rings is 1. The van der Waals surface area contributed by atoms with E-state index in [4.69, 9.17) is 4.74 Å². The summed E-state index contributed by atoms with van der Waals surface area (Å²) in [6, 6.07) is 9.11. The number of anilines is 1. The average Bonchev–Trinajstić information content (AvgIpc) is 3.19. The quantitative estimate of drug-likeness (QED) is 0.777. The molecule has 0 bridgehead atoms. The second-order valence-electron chi connectivity index (χ2n) is 4.36. The van der Waals surface area contributed by atoms with Crippen molar-refractivity contribution in [3.63, 3.8) is 0 Å². The molecule has 2 heterocycles. The fraction of sp³-hybridized carbons (Fsp3) is 0.143. The Morgan fingerprint density at radius 2 is 2.09 bits per heavy atom. The third-order valence-electron chi connectivity index (χ3n) is 2.84. The monoisotopic (exact) mass is 316 g/mol. The molecule has 0 aliphatic carbocycles. The second-order valence-corrected chi connectivity index (χ2v) is 5.33. The highest BCUT2D eigenvalue weighted by atomic mass is 32.1. The van der Waals surface area contributed by atoms with Crippen molar-refractivity contribution in [1.82, 2.24) is 15.4 Å². The van der Waals surface area contributed by atoms with E-state index in [1.807, 2.05) is 24.3 Å². The molecule has 0 aliphatic heterocycles. The lowest BCUT2D eigenvalue weighted by Gasteiger charge is -1.99. The first kappa shape index (κ1) is 14.2. The van der Waals surface area contributed by atoms with Crippen LogP contribution in [0.3, 0.4) is 0 Å². The van der Waals surface area contributed by atoms with E-state index in [1.54, 1.807) is 13.2 Å². The molecule has 0 saturated heterocycles. The van der Waals surface area contributed by atoms with Crippen LogP contribution in [0.15, 0.2) is 41.1 Å². The second kappa shape index (κ2) is 6.35. The lowest BCUT2D eigenvalue weighted by molar-refractivity contribution is -0.115. The highest BCUT2D eigenvalue weighted by molar-refractivity contribution is 7.18. The van der Waals surface area contributed by atoms with Gasteiger partial charge in [0.15, 0.2) is 0 Å². The molecule has 0 radical (unpaired) electrons. The molecule has 1 aromatic carbocycles. The van der Waals surface area contributed by atoms with Crippen LogP contribution in [0.1, 0.15) is 5.69 Å². The van der Waals surface area contributed by atoms with Gasteiger partial charge in [-0.3, -0.25) is 4.79 Å². The fourth-order valence-electron chi connectivity index (χ4n) is 1.78. The molecule has 1 N–H and O–H groups in total. The van der Waals surface area contributed by atoms with Crippen LogP contribution >= 0.6 is 11.3 Å². The number of nitrogens with zero attached hydrogens (tertiary/aromatic N) is 3. The fourth-order valence-corrected chi connectivity index (χ4v) is 2.55. The van der Waals surface area contributed by atoms with Crippen molar-refractivity contribution in [3.8, 4) is 16.3 Å². The van der Waals surface area contributed by atoms with Gasteiger partial charge >= 0.3 is 0 Å². The van der Waals surface area contributed by atoms with E-state index in [9.17, 15) is 4.79 Å². The molecule has 1 amide bonds. The van der Waals surface area contributed by atoms with Gasteiger partial charge in [0.25, 0.3) is 0 Å². The van der Waals surface area contributed by atoms with Crippen LogP contribution in [-0.4, -0.2) is 28.4 Å². The number of methoxy groups -OCH3 is 1. The van der Waals surface area contributed by atoms with Gasteiger partial charge in [-0.25, -0.2) is 0 Å².